The lowest BCUT2D eigenvalue weighted by Gasteiger charge is -2.22. The number of fused-ring (bicyclic) bond motifs is 2. The molecule has 3 nitrogen and oxygen atoms in total. The van der Waals surface area contributed by atoms with Crippen LogP contribution in [0.4, 0.5) is 0 Å². The van der Waals surface area contributed by atoms with E-state index in [0.717, 1.165) is 23.5 Å². The van der Waals surface area contributed by atoms with Gasteiger partial charge in [-0.15, -0.1) is 0 Å². The summed E-state index contributed by atoms with van der Waals surface area (Å²) in [5, 5.41) is 0. The molecule has 4 heteroatoms. The van der Waals surface area contributed by atoms with Gasteiger partial charge in [0, 0.05) is 6.04 Å². The molecule has 104 valence electrons. The van der Waals surface area contributed by atoms with Crippen LogP contribution in [0.25, 0.3) is 0 Å². The van der Waals surface area contributed by atoms with Crippen molar-refractivity contribution in [3.05, 3.63) is 35.4 Å². The summed E-state index contributed by atoms with van der Waals surface area (Å²) in [5.41, 5.74) is 2.02. The normalized spacial score (nSPS) is 29.8. The summed E-state index contributed by atoms with van der Waals surface area (Å²) in [6.45, 7) is 2.01. The molecule has 2 fully saturated rings. The molecule has 2 aliphatic carbocycles. The fourth-order valence-corrected chi connectivity index (χ4v) is 5.03. The molecule has 0 heterocycles. The molecule has 1 aromatic carbocycles. The minimum absolute atomic E-state index is 0.0984. The highest BCUT2D eigenvalue weighted by atomic mass is 32.2. The van der Waals surface area contributed by atoms with E-state index < -0.39 is 10.0 Å². The molecule has 0 unspecified atom stereocenters. The zero-order chi connectivity index (χ0) is 13.5. The molecule has 2 aliphatic rings. The Morgan fingerprint density at radius 1 is 1.16 bits per heavy atom. The number of rotatable bonds is 4. The Labute approximate surface area is 115 Å². The molecule has 0 radical (unpaired) electrons. The Kier molecular flexibility index (Phi) is 3.39. The minimum atomic E-state index is -3.20. The Hall–Kier alpha value is -0.870. The maximum Gasteiger partial charge on any atom is 0.216 e. The third-order valence-electron chi connectivity index (χ3n) is 4.55. The number of hydrogen-bond acceptors (Lipinski definition) is 2. The van der Waals surface area contributed by atoms with Crippen LogP contribution >= 0.6 is 0 Å². The molecular formula is C15H21NO2S. The van der Waals surface area contributed by atoms with Crippen molar-refractivity contribution in [1.82, 2.24) is 4.72 Å². The topological polar surface area (TPSA) is 46.2 Å². The van der Waals surface area contributed by atoms with Crippen LogP contribution in [0.5, 0.6) is 0 Å². The lowest BCUT2D eigenvalue weighted by Crippen LogP contribution is -2.39. The monoisotopic (exact) mass is 279 g/mol. The summed E-state index contributed by atoms with van der Waals surface area (Å²) >= 11 is 0. The number of hydrogen-bond donors (Lipinski definition) is 1. The summed E-state index contributed by atoms with van der Waals surface area (Å²) in [5.74, 6) is 1.44. The van der Waals surface area contributed by atoms with Crippen molar-refractivity contribution >= 4 is 10.0 Å². The fraction of sp³-hybridized carbons (Fsp3) is 0.600. The van der Waals surface area contributed by atoms with Crippen LogP contribution < -0.4 is 4.72 Å². The van der Waals surface area contributed by atoms with Crippen molar-refractivity contribution in [3.8, 4) is 0 Å². The van der Waals surface area contributed by atoms with Gasteiger partial charge in [-0.05, 0) is 43.6 Å². The molecule has 1 N–H and O–H groups in total. The quantitative estimate of drug-likeness (QED) is 0.921. The van der Waals surface area contributed by atoms with E-state index in [4.69, 9.17) is 0 Å². The fourth-order valence-electron chi connectivity index (χ4n) is 3.57. The van der Waals surface area contributed by atoms with Gasteiger partial charge in [-0.3, -0.25) is 0 Å². The van der Waals surface area contributed by atoms with Crippen LogP contribution in [0.15, 0.2) is 24.3 Å². The molecule has 0 spiro atoms. The van der Waals surface area contributed by atoms with Crippen molar-refractivity contribution in [1.29, 1.82) is 0 Å². The summed E-state index contributed by atoms with van der Waals surface area (Å²) < 4.78 is 27.3. The molecule has 3 rings (SSSR count). The van der Waals surface area contributed by atoms with Crippen molar-refractivity contribution in [3.63, 3.8) is 0 Å². The summed E-state index contributed by atoms with van der Waals surface area (Å²) in [7, 11) is -3.20. The predicted octanol–water partition coefficient (Wildman–Crippen LogP) is 2.60. The second-order valence-electron chi connectivity index (χ2n) is 6.14. The molecular weight excluding hydrogens is 258 g/mol. The van der Waals surface area contributed by atoms with Crippen molar-refractivity contribution in [2.24, 2.45) is 11.8 Å². The zero-order valence-corrected chi connectivity index (χ0v) is 12.1. The predicted molar refractivity (Wildman–Crippen MR) is 76.2 cm³/mol. The van der Waals surface area contributed by atoms with Gasteiger partial charge in [-0.25, -0.2) is 13.1 Å². The molecule has 2 saturated carbocycles. The van der Waals surface area contributed by atoms with Gasteiger partial charge < -0.3 is 0 Å². The Morgan fingerprint density at radius 3 is 2.47 bits per heavy atom. The zero-order valence-electron chi connectivity index (χ0n) is 11.3. The maximum atomic E-state index is 12.2. The van der Waals surface area contributed by atoms with E-state index >= 15 is 0 Å². The lowest BCUT2D eigenvalue weighted by atomic mass is 9.96. The van der Waals surface area contributed by atoms with Gasteiger partial charge in [-0.2, -0.15) is 0 Å². The Bertz CT molecular complexity index is 550. The molecule has 19 heavy (non-hydrogen) atoms. The van der Waals surface area contributed by atoms with Gasteiger partial charge in [0.25, 0.3) is 0 Å². The van der Waals surface area contributed by atoms with E-state index in [-0.39, 0.29) is 11.8 Å². The van der Waals surface area contributed by atoms with E-state index in [1.807, 2.05) is 31.2 Å². The molecule has 3 atom stereocenters. The Morgan fingerprint density at radius 2 is 1.89 bits per heavy atom. The molecule has 1 aromatic rings. The highest BCUT2D eigenvalue weighted by Crippen LogP contribution is 2.44. The van der Waals surface area contributed by atoms with E-state index in [9.17, 15) is 8.42 Å². The lowest BCUT2D eigenvalue weighted by molar-refractivity contribution is 0.390. The first-order valence-electron chi connectivity index (χ1n) is 7.07. The standard InChI is InChI=1S/C15H21NO2S/c1-11-2-4-12(5-3-11)10-19(17,18)16-15-9-13-6-7-14(15)8-13/h2-5,13-16H,6-10H2,1H3/t13-,14-,15+/m1/s1. The molecule has 0 saturated heterocycles. The van der Waals surface area contributed by atoms with E-state index in [0.29, 0.717) is 5.92 Å². The van der Waals surface area contributed by atoms with Crippen LogP contribution in [0.2, 0.25) is 0 Å². The SMILES string of the molecule is Cc1ccc(CS(=O)(=O)N[C@H]2C[C@@H]3CC[C@@H]2C3)cc1. The van der Waals surface area contributed by atoms with Crippen molar-refractivity contribution in [2.75, 3.05) is 0 Å². The highest BCUT2D eigenvalue weighted by Gasteiger charge is 2.40. The Balaban J connectivity index is 1.64. The average molecular weight is 279 g/mol. The van der Waals surface area contributed by atoms with Gasteiger partial charge in [0.2, 0.25) is 10.0 Å². The molecule has 0 aromatic heterocycles. The van der Waals surface area contributed by atoms with E-state index in [1.165, 1.54) is 19.3 Å². The van der Waals surface area contributed by atoms with Gasteiger partial charge in [-0.1, -0.05) is 36.2 Å². The summed E-state index contributed by atoms with van der Waals surface area (Å²) in [6.07, 6.45) is 4.75. The van der Waals surface area contributed by atoms with Gasteiger partial charge in [0.15, 0.2) is 0 Å². The highest BCUT2D eigenvalue weighted by molar-refractivity contribution is 7.88. The first kappa shape index (κ1) is 13.1. The van der Waals surface area contributed by atoms with Crippen molar-refractivity contribution in [2.45, 2.75) is 44.4 Å². The first-order chi connectivity index (χ1) is 9.02. The van der Waals surface area contributed by atoms with Crippen LogP contribution in [-0.4, -0.2) is 14.5 Å². The van der Waals surface area contributed by atoms with E-state index in [1.54, 1.807) is 0 Å². The second-order valence-corrected chi connectivity index (χ2v) is 7.90. The second kappa shape index (κ2) is 4.91. The minimum Gasteiger partial charge on any atom is -0.212 e. The average Bonchev–Trinajstić information content (AvgIpc) is 2.93. The van der Waals surface area contributed by atoms with Crippen LogP contribution in [-0.2, 0) is 15.8 Å². The first-order valence-corrected chi connectivity index (χ1v) is 8.72. The third-order valence-corrected chi connectivity index (χ3v) is 5.92. The van der Waals surface area contributed by atoms with Crippen molar-refractivity contribution < 1.29 is 8.42 Å². The number of nitrogens with one attached hydrogen (secondary N) is 1. The summed E-state index contributed by atoms with van der Waals surface area (Å²) in [6, 6.07) is 7.91. The van der Waals surface area contributed by atoms with Gasteiger partial charge in [0.05, 0.1) is 5.75 Å². The van der Waals surface area contributed by atoms with Crippen LogP contribution in [0.1, 0.15) is 36.8 Å². The van der Waals surface area contributed by atoms with Crippen LogP contribution in [0.3, 0.4) is 0 Å². The number of aryl methyl sites for hydroxylation is 1. The number of benzene rings is 1. The summed E-state index contributed by atoms with van der Waals surface area (Å²) in [4.78, 5) is 0. The third kappa shape index (κ3) is 3.00. The number of sulfonamides is 1. The largest absolute Gasteiger partial charge is 0.216 e. The van der Waals surface area contributed by atoms with Gasteiger partial charge in [0.1, 0.15) is 0 Å². The van der Waals surface area contributed by atoms with Crippen LogP contribution in [0, 0.1) is 18.8 Å². The molecule has 2 bridgehead atoms. The maximum absolute atomic E-state index is 12.2. The smallest absolute Gasteiger partial charge is 0.212 e. The molecule has 0 aliphatic heterocycles. The van der Waals surface area contributed by atoms with Gasteiger partial charge >= 0.3 is 0 Å². The molecule has 0 amide bonds. The van der Waals surface area contributed by atoms with E-state index in [2.05, 4.69) is 4.72 Å².